The van der Waals surface area contributed by atoms with Gasteiger partial charge in [-0.15, -0.1) is 0 Å². The molecule has 0 aromatic carbocycles. The average Bonchev–Trinajstić information content (AvgIpc) is 2.85. The molecule has 0 bridgehead atoms. The minimum Gasteiger partial charge on any atom is -0.394 e. The van der Waals surface area contributed by atoms with Crippen LogP contribution in [-0.4, -0.2) is 46.6 Å². The number of hydrogen-bond acceptors (Lipinski definition) is 4. The molecular weight excluding hydrogens is 254 g/mol. The highest BCUT2D eigenvalue weighted by Crippen LogP contribution is 2.25. The monoisotopic (exact) mass is 273 g/mol. The fraction of sp³-hybridized carbons (Fsp3) is 0.467. The van der Waals surface area contributed by atoms with E-state index in [1.54, 1.807) is 23.2 Å². The maximum absolute atomic E-state index is 12.6. The number of hydrogen-bond donors (Lipinski definition) is 2. The summed E-state index contributed by atoms with van der Waals surface area (Å²) in [5.74, 6) is 5.74. The summed E-state index contributed by atoms with van der Waals surface area (Å²) in [5, 5.41) is 9.45. The number of aromatic nitrogens is 1. The van der Waals surface area contributed by atoms with E-state index in [2.05, 4.69) is 16.8 Å². The first-order valence-corrected chi connectivity index (χ1v) is 6.74. The molecule has 2 rings (SSSR count). The number of nitrogens with two attached hydrogens (primary N) is 1. The summed E-state index contributed by atoms with van der Waals surface area (Å²) in [6.45, 7) is 2.90. The Kier molecular flexibility index (Phi) is 4.72. The minimum absolute atomic E-state index is 0.0243. The molecule has 0 aliphatic carbocycles. The molecule has 3 N–H and O–H groups in total. The van der Waals surface area contributed by atoms with E-state index >= 15 is 0 Å². The van der Waals surface area contributed by atoms with Crippen LogP contribution in [0.15, 0.2) is 18.3 Å². The Hall–Kier alpha value is -1.90. The molecule has 1 aromatic rings. The van der Waals surface area contributed by atoms with Crippen molar-refractivity contribution in [2.75, 3.05) is 19.7 Å². The summed E-state index contributed by atoms with van der Waals surface area (Å²) in [6.07, 6.45) is 2.47. The van der Waals surface area contributed by atoms with Crippen LogP contribution in [0.1, 0.15) is 29.4 Å². The van der Waals surface area contributed by atoms with Gasteiger partial charge in [0.25, 0.3) is 5.91 Å². The zero-order valence-corrected chi connectivity index (χ0v) is 11.5. The van der Waals surface area contributed by atoms with Gasteiger partial charge in [0, 0.05) is 12.7 Å². The first-order chi connectivity index (χ1) is 9.69. The molecule has 5 heteroatoms. The van der Waals surface area contributed by atoms with E-state index in [0.717, 1.165) is 6.42 Å². The smallest absolute Gasteiger partial charge is 0.274 e. The maximum Gasteiger partial charge on any atom is 0.274 e. The Morgan fingerprint density at radius 3 is 3.15 bits per heavy atom. The lowest BCUT2D eigenvalue weighted by molar-refractivity contribution is 0.0642. The molecule has 0 saturated carbocycles. The van der Waals surface area contributed by atoms with Gasteiger partial charge in [0.15, 0.2) is 0 Å². The number of nitrogens with zero attached hydrogens (tertiary/aromatic N) is 2. The van der Waals surface area contributed by atoms with Crippen LogP contribution in [0, 0.1) is 17.8 Å². The third-order valence-electron chi connectivity index (χ3n) is 3.67. The maximum atomic E-state index is 12.6. The topological polar surface area (TPSA) is 79.5 Å². The largest absolute Gasteiger partial charge is 0.394 e. The van der Waals surface area contributed by atoms with E-state index < -0.39 is 0 Å². The van der Waals surface area contributed by atoms with Gasteiger partial charge in [0.1, 0.15) is 5.69 Å². The van der Waals surface area contributed by atoms with Crippen molar-refractivity contribution in [1.82, 2.24) is 9.88 Å². The zero-order valence-electron chi connectivity index (χ0n) is 11.5. The summed E-state index contributed by atoms with van der Waals surface area (Å²) in [4.78, 5) is 18.4. The highest BCUT2D eigenvalue weighted by atomic mass is 16.3. The zero-order chi connectivity index (χ0) is 14.5. The van der Waals surface area contributed by atoms with Crippen LogP contribution in [0.4, 0.5) is 0 Å². The SMILES string of the molecule is CC1CCN(C(=O)c2ncccc2C#CCN)C1CO. The van der Waals surface area contributed by atoms with Gasteiger partial charge >= 0.3 is 0 Å². The molecule has 0 radical (unpaired) electrons. The highest BCUT2D eigenvalue weighted by Gasteiger charge is 2.35. The van der Waals surface area contributed by atoms with E-state index in [4.69, 9.17) is 5.73 Å². The third-order valence-corrected chi connectivity index (χ3v) is 3.67. The predicted molar refractivity (Wildman–Crippen MR) is 75.9 cm³/mol. The summed E-state index contributed by atoms with van der Waals surface area (Å²) < 4.78 is 0. The van der Waals surface area contributed by atoms with Gasteiger partial charge in [-0.05, 0) is 24.5 Å². The lowest BCUT2D eigenvalue weighted by Gasteiger charge is -2.25. The molecule has 1 amide bonds. The Morgan fingerprint density at radius 2 is 2.45 bits per heavy atom. The van der Waals surface area contributed by atoms with Gasteiger partial charge in [0.2, 0.25) is 0 Å². The van der Waals surface area contributed by atoms with Crippen molar-refractivity contribution >= 4 is 5.91 Å². The van der Waals surface area contributed by atoms with Crippen molar-refractivity contribution in [1.29, 1.82) is 0 Å². The van der Waals surface area contributed by atoms with Gasteiger partial charge in [0.05, 0.1) is 24.8 Å². The van der Waals surface area contributed by atoms with Crippen LogP contribution < -0.4 is 5.73 Å². The first-order valence-electron chi connectivity index (χ1n) is 6.74. The van der Waals surface area contributed by atoms with Crippen molar-refractivity contribution in [3.63, 3.8) is 0 Å². The molecular formula is C15H19N3O2. The van der Waals surface area contributed by atoms with Crippen LogP contribution in [0.5, 0.6) is 0 Å². The van der Waals surface area contributed by atoms with Crippen molar-refractivity contribution in [2.24, 2.45) is 11.7 Å². The molecule has 1 aromatic heterocycles. The van der Waals surface area contributed by atoms with Crippen molar-refractivity contribution in [3.8, 4) is 11.8 Å². The lowest BCUT2D eigenvalue weighted by atomic mass is 10.0. The second-order valence-corrected chi connectivity index (χ2v) is 4.92. The highest BCUT2D eigenvalue weighted by molar-refractivity contribution is 5.95. The van der Waals surface area contributed by atoms with E-state index in [1.165, 1.54) is 0 Å². The molecule has 1 aliphatic rings. The van der Waals surface area contributed by atoms with Gasteiger partial charge in [-0.1, -0.05) is 18.8 Å². The number of aliphatic hydroxyl groups is 1. The van der Waals surface area contributed by atoms with Crippen LogP contribution in [0.3, 0.4) is 0 Å². The number of rotatable bonds is 2. The molecule has 1 aliphatic heterocycles. The van der Waals surface area contributed by atoms with Gasteiger partial charge in [-0.3, -0.25) is 4.79 Å². The number of likely N-dealkylation sites (tertiary alicyclic amines) is 1. The predicted octanol–water partition coefficient (Wildman–Crippen LogP) is 0.235. The number of aliphatic hydroxyl groups excluding tert-OH is 1. The van der Waals surface area contributed by atoms with E-state index in [-0.39, 0.29) is 25.1 Å². The molecule has 1 saturated heterocycles. The summed E-state index contributed by atoms with van der Waals surface area (Å²) in [5.41, 5.74) is 6.28. The molecule has 2 heterocycles. The average molecular weight is 273 g/mol. The van der Waals surface area contributed by atoms with E-state index in [1.807, 2.05) is 6.92 Å². The molecule has 5 nitrogen and oxygen atoms in total. The van der Waals surface area contributed by atoms with Crippen LogP contribution in [0.2, 0.25) is 0 Å². The fourth-order valence-corrected chi connectivity index (χ4v) is 2.50. The Balaban J connectivity index is 2.30. The number of amides is 1. The molecule has 106 valence electrons. The summed E-state index contributed by atoms with van der Waals surface area (Å²) in [6, 6.07) is 3.36. The Labute approximate surface area is 118 Å². The van der Waals surface area contributed by atoms with Crippen LogP contribution >= 0.6 is 0 Å². The van der Waals surface area contributed by atoms with Gasteiger partial charge < -0.3 is 15.7 Å². The Bertz CT molecular complexity index is 548. The summed E-state index contributed by atoms with van der Waals surface area (Å²) >= 11 is 0. The second-order valence-electron chi connectivity index (χ2n) is 4.92. The lowest BCUT2D eigenvalue weighted by Crippen LogP contribution is -2.40. The second kappa shape index (κ2) is 6.51. The van der Waals surface area contributed by atoms with Crippen LogP contribution in [-0.2, 0) is 0 Å². The number of carbonyl (C=O) groups excluding carboxylic acids is 1. The number of carbonyl (C=O) groups is 1. The standard InChI is InChI=1S/C15H19N3O2/c1-11-6-9-18(13(11)10-19)15(20)14-12(4-2-7-16)5-3-8-17-14/h3,5,8,11,13,19H,6-7,9-10,16H2,1H3. The van der Waals surface area contributed by atoms with E-state index in [9.17, 15) is 9.90 Å². The van der Waals surface area contributed by atoms with E-state index in [0.29, 0.717) is 23.7 Å². The normalized spacial score (nSPS) is 21.4. The number of pyridine rings is 1. The molecule has 1 fully saturated rings. The Morgan fingerprint density at radius 1 is 1.65 bits per heavy atom. The van der Waals surface area contributed by atoms with Crippen LogP contribution in [0.25, 0.3) is 0 Å². The summed E-state index contributed by atoms with van der Waals surface area (Å²) in [7, 11) is 0. The van der Waals surface area contributed by atoms with Gasteiger partial charge in [-0.2, -0.15) is 0 Å². The van der Waals surface area contributed by atoms with Crippen molar-refractivity contribution < 1.29 is 9.90 Å². The minimum atomic E-state index is -0.171. The third kappa shape index (κ3) is 2.82. The molecule has 20 heavy (non-hydrogen) atoms. The molecule has 2 atom stereocenters. The van der Waals surface area contributed by atoms with Crippen molar-refractivity contribution in [3.05, 3.63) is 29.6 Å². The molecule has 0 spiro atoms. The fourth-order valence-electron chi connectivity index (χ4n) is 2.50. The molecule has 2 unspecified atom stereocenters. The quantitative estimate of drug-likeness (QED) is 0.756. The van der Waals surface area contributed by atoms with Gasteiger partial charge in [-0.25, -0.2) is 4.98 Å². The first kappa shape index (κ1) is 14.5. The van der Waals surface area contributed by atoms with Crippen molar-refractivity contribution in [2.45, 2.75) is 19.4 Å².